The summed E-state index contributed by atoms with van der Waals surface area (Å²) in [6.45, 7) is 18.3. The fourth-order valence-electron chi connectivity index (χ4n) is 12.7. The van der Waals surface area contributed by atoms with Crippen molar-refractivity contribution in [2.75, 3.05) is 45.0 Å². The Balaban J connectivity index is 1.28. The van der Waals surface area contributed by atoms with Gasteiger partial charge in [-0.15, -0.1) is 5.54 Å². The summed E-state index contributed by atoms with van der Waals surface area (Å²) in [7, 11) is -0.927. The third kappa shape index (κ3) is 8.27. The fraction of sp³-hybridized carbons (Fsp3) is 0.615. The van der Waals surface area contributed by atoms with Gasteiger partial charge in [0.25, 0.3) is 0 Å². The van der Waals surface area contributed by atoms with Crippen LogP contribution in [-0.2, 0) is 15.9 Å². The van der Waals surface area contributed by atoms with Gasteiger partial charge in [-0.25, -0.2) is 36.6 Å². The molecule has 0 aliphatic carbocycles. The van der Waals surface area contributed by atoms with Gasteiger partial charge in [0, 0.05) is 43.9 Å². The zero-order valence-electron chi connectivity index (χ0n) is 41.5. The lowest BCUT2D eigenvalue weighted by Gasteiger charge is -2.52. The Kier molecular flexibility index (Phi) is 12.7. The number of aryl methyl sites for hydroxylation is 1. The van der Waals surface area contributed by atoms with Gasteiger partial charge in [-0.2, -0.15) is 9.97 Å². The van der Waals surface area contributed by atoms with Gasteiger partial charge in [0.1, 0.15) is 55.0 Å². The molecule has 2 aromatic carbocycles. The van der Waals surface area contributed by atoms with Crippen LogP contribution in [0.5, 0.6) is 11.8 Å². The number of anilines is 1. The number of alkyl halides is 3. The van der Waals surface area contributed by atoms with E-state index >= 15 is 17.6 Å². The minimum atomic E-state index is -2.52. The van der Waals surface area contributed by atoms with Crippen LogP contribution in [0.15, 0.2) is 24.3 Å². The lowest BCUT2D eigenvalue weighted by Crippen LogP contribution is -2.71. The van der Waals surface area contributed by atoms with Crippen LogP contribution in [-0.4, -0.2) is 114 Å². The van der Waals surface area contributed by atoms with Crippen LogP contribution in [0, 0.1) is 23.1 Å². The number of rotatable bonds is 10. The summed E-state index contributed by atoms with van der Waals surface area (Å²) >= 11 is 0. The van der Waals surface area contributed by atoms with Crippen molar-refractivity contribution in [3.05, 3.63) is 47.2 Å². The number of methoxy groups -OCH3 is 1. The predicted octanol–water partition coefficient (Wildman–Crippen LogP) is 11.5. The molecule has 1 amide bonds. The Morgan fingerprint density at radius 3 is 2.39 bits per heavy atom. The van der Waals surface area contributed by atoms with E-state index < -0.39 is 67.3 Å². The quantitative estimate of drug-likeness (QED) is 0.0502. The number of hydrogen-bond donors (Lipinski definition) is 0. The van der Waals surface area contributed by atoms with Crippen LogP contribution in [0.2, 0.25) is 16.6 Å². The van der Waals surface area contributed by atoms with Crippen molar-refractivity contribution < 1.29 is 45.7 Å². The predicted molar refractivity (Wildman–Crippen MR) is 258 cm³/mol. The molecule has 9 rings (SSSR count). The first kappa shape index (κ1) is 49.2. The standard InChI is InChI=1S/C52H65F5N6O5Si/c1-30(2)69(31(3)4,32(5)6)22-17-36-38(54)16-15-33-23-35(67-29-65-10)24-37(41(33)36)44-43(55)45-42-39(58-44)13-11-14-40-52(57)20-19-51(56,63(52)48(64)68-49(7,8)9)27-62(40)46(42)60-47(59-45)66-28-50-18-12-21-61(50)26-34(53)25-50/h15-16,23-24,30-32,34,40H,11-14,18-21,25-29H2,1-10H3/t34-,40-,50+,51-,52+/m1/s1. The van der Waals surface area contributed by atoms with Crippen LogP contribution < -0.4 is 14.4 Å². The molecule has 11 nitrogen and oxygen atoms in total. The van der Waals surface area contributed by atoms with Crippen molar-refractivity contribution in [1.29, 1.82) is 0 Å². The lowest BCUT2D eigenvalue weighted by atomic mass is 9.90. The summed E-state index contributed by atoms with van der Waals surface area (Å²) in [5.74, 6) is -2.90. The third-order valence-corrected chi connectivity index (χ3v) is 21.9. The normalized spacial score (nSPS) is 25.8. The van der Waals surface area contributed by atoms with Gasteiger partial charge in [-0.3, -0.25) is 4.90 Å². The molecule has 0 unspecified atom stereocenters. The monoisotopic (exact) mass is 976 g/mol. The maximum atomic E-state index is 18.3. The van der Waals surface area contributed by atoms with Crippen LogP contribution in [0.3, 0.4) is 0 Å². The van der Waals surface area contributed by atoms with Crippen LogP contribution >= 0.6 is 0 Å². The van der Waals surface area contributed by atoms with Gasteiger partial charge in [0.2, 0.25) is 11.6 Å². The Hall–Kier alpha value is -4.79. The first-order chi connectivity index (χ1) is 32.6. The summed E-state index contributed by atoms with van der Waals surface area (Å²) in [5, 5.41) is 0.995. The number of pyridine rings is 1. The van der Waals surface area contributed by atoms with Gasteiger partial charge >= 0.3 is 12.1 Å². The second-order valence-electron chi connectivity index (χ2n) is 21.9. The maximum Gasteiger partial charge on any atom is 0.415 e. The highest BCUT2D eigenvalue weighted by Gasteiger charge is 2.69. The molecule has 0 radical (unpaired) electrons. The van der Waals surface area contributed by atoms with Crippen molar-refractivity contribution in [3.63, 3.8) is 0 Å². The van der Waals surface area contributed by atoms with Crippen molar-refractivity contribution in [2.24, 2.45) is 0 Å². The second kappa shape index (κ2) is 17.8. The molecule has 69 heavy (non-hydrogen) atoms. The fourth-order valence-corrected chi connectivity index (χ4v) is 17.9. The van der Waals surface area contributed by atoms with Crippen molar-refractivity contribution in [1.82, 2.24) is 24.8 Å². The Labute approximate surface area is 402 Å². The van der Waals surface area contributed by atoms with Gasteiger partial charge in [0.05, 0.1) is 34.8 Å². The van der Waals surface area contributed by atoms with E-state index in [0.717, 1.165) is 6.42 Å². The smallest absolute Gasteiger partial charge is 0.415 e. The van der Waals surface area contributed by atoms with E-state index in [9.17, 15) is 9.18 Å². The maximum absolute atomic E-state index is 18.3. The Bertz CT molecular complexity index is 2720. The molecule has 5 atom stereocenters. The summed E-state index contributed by atoms with van der Waals surface area (Å²) in [4.78, 5) is 32.6. The molecule has 4 aromatic rings. The number of nitrogens with zero attached hydrogens (tertiary/aromatic N) is 6. The highest BCUT2D eigenvalue weighted by molar-refractivity contribution is 6.90. The Morgan fingerprint density at radius 2 is 1.70 bits per heavy atom. The third-order valence-electron chi connectivity index (χ3n) is 15.6. The molecule has 0 N–H and O–H groups in total. The van der Waals surface area contributed by atoms with Crippen molar-refractivity contribution >= 4 is 41.7 Å². The molecule has 0 saturated carbocycles. The lowest BCUT2D eigenvalue weighted by molar-refractivity contribution is -0.133. The van der Waals surface area contributed by atoms with Crippen molar-refractivity contribution in [2.45, 2.75) is 165 Å². The number of piperazine rings is 1. The number of carbonyl (C=O) groups excluding carboxylic acids is 1. The van der Waals surface area contributed by atoms with Gasteiger partial charge in [-0.1, -0.05) is 53.5 Å². The van der Waals surface area contributed by atoms with E-state index in [4.69, 9.17) is 33.9 Å². The number of benzene rings is 2. The van der Waals surface area contributed by atoms with Gasteiger partial charge < -0.3 is 23.8 Å². The van der Waals surface area contributed by atoms with E-state index in [1.165, 1.54) is 18.1 Å². The molecule has 5 aliphatic rings. The van der Waals surface area contributed by atoms with Gasteiger partial charge in [0.15, 0.2) is 12.6 Å². The second-order valence-corrected chi connectivity index (χ2v) is 27.5. The van der Waals surface area contributed by atoms with E-state index in [0.29, 0.717) is 46.5 Å². The van der Waals surface area contributed by atoms with E-state index in [1.54, 1.807) is 39.0 Å². The number of amides is 1. The van der Waals surface area contributed by atoms with Crippen LogP contribution in [0.4, 0.5) is 32.6 Å². The average Bonchev–Trinajstić information content (AvgIpc) is 3.87. The number of halogens is 5. The minimum Gasteiger partial charge on any atom is -0.468 e. The van der Waals surface area contributed by atoms with Gasteiger partial charge in [-0.05, 0) is 99.6 Å². The number of hydrogen-bond acceptors (Lipinski definition) is 10. The summed E-state index contributed by atoms with van der Waals surface area (Å²) in [5.41, 5.74) is 3.01. The molecular formula is C52H65F5N6O5Si. The summed E-state index contributed by atoms with van der Waals surface area (Å²) in [6, 6.07) is 4.90. The molecule has 4 saturated heterocycles. The molecule has 17 heteroatoms. The van der Waals surface area contributed by atoms with Crippen LogP contribution in [0.25, 0.3) is 32.9 Å². The zero-order valence-corrected chi connectivity index (χ0v) is 42.5. The molecule has 0 spiro atoms. The molecule has 7 heterocycles. The molecule has 5 aliphatic heterocycles. The topological polar surface area (TPSA) is 102 Å². The molecule has 2 aromatic heterocycles. The highest BCUT2D eigenvalue weighted by atomic mass is 28.3. The molecule has 372 valence electrons. The van der Waals surface area contributed by atoms with E-state index in [2.05, 4.69) is 57.9 Å². The number of fused-ring (bicyclic) bond motifs is 7. The average molecular weight is 977 g/mol. The number of ether oxygens (including phenoxy) is 4. The minimum absolute atomic E-state index is 0.000501. The van der Waals surface area contributed by atoms with Crippen molar-refractivity contribution in [3.8, 4) is 34.5 Å². The SMILES string of the molecule is COCOc1cc(-c2nc3c4c(nc(OC[C@@]56CCCN5C[C@H](F)C6)nc4c2F)N2C[C@@]4(F)CC[C@@](F)([C@H]2CCC3)N4C(=O)OC(C)(C)C)c2c(C#C[Si](C(C)C)(C(C)C)C(C)C)c(F)ccc2c1. The first-order valence-corrected chi connectivity index (χ1v) is 26.8. The highest BCUT2D eigenvalue weighted by Crippen LogP contribution is 2.55. The molecule has 2 bridgehead atoms. The van der Waals surface area contributed by atoms with E-state index in [1.807, 2.05) is 0 Å². The summed E-state index contributed by atoms with van der Waals surface area (Å²) < 4.78 is 109. The first-order valence-electron chi connectivity index (χ1n) is 24.6. The number of carbonyl (C=O) groups is 1. The number of aromatic nitrogens is 3. The Morgan fingerprint density at radius 1 is 0.957 bits per heavy atom. The molecule has 4 fully saturated rings. The van der Waals surface area contributed by atoms with Crippen LogP contribution in [0.1, 0.15) is 119 Å². The summed E-state index contributed by atoms with van der Waals surface area (Å²) in [6.07, 6.45) is -0.357. The largest absolute Gasteiger partial charge is 0.468 e. The zero-order chi connectivity index (χ0) is 49.6. The molecular weight excluding hydrogens is 912 g/mol. The van der Waals surface area contributed by atoms with E-state index in [-0.39, 0.29) is 108 Å².